The topological polar surface area (TPSA) is 105 Å². The lowest BCUT2D eigenvalue weighted by molar-refractivity contribution is 0.0188. The molecule has 9 heteroatoms. The molecule has 35 heavy (non-hydrogen) atoms. The number of ether oxygens (including phenoxy) is 2. The summed E-state index contributed by atoms with van der Waals surface area (Å²) in [7, 11) is 0. The van der Waals surface area contributed by atoms with Gasteiger partial charge in [0, 0.05) is 13.1 Å². The highest BCUT2D eigenvalue weighted by Crippen LogP contribution is 2.27. The van der Waals surface area contributed by atoms with Crippen LogP contribution in [0, 0.1) is 0 Å². The normalized spacial score (nSPS) is 19.5. The minimum absolute atomic E-state index is 0.00281. The molecule has 0 unspecified atom stereocenters. The summed E-state index contributed by atoms with van der Waals surface area (Å²) >= 11 is 0. The van der Waals surface area contributed by atoms with Crippen molar-refractivity contribution in [3.8, 4) is 0 Å². The molecule has 0 saturated carbocycles. The third-order valence-corrected chi connectivity index (χ3v) is 5.85. The molecular weight excluding hydrogens is 450 g/mol. The average Bonchev–Trinajstić information content (AvgIpc) is 3.32. The van der Waals surface area contributed by atoms with E-state index >= 15 is 0 Å². The molecule has 2 heterocycles. The van der Waals surface area contributed by atoms with Gasteiger partial charge in [-0.05, 0) is 44.9 Å². The van der Waals surface area contributed by atoms with E-state index in [1.165, 1.54) is 4.90 Å². The van der Waals surface area contributed by atoms with Gasteiger partial charge in [0.1, 0.15) is 12.2 Å². The monoisotopic (exact) mass is 479 g/mol. The van der Waals surface area contributed by atoms with Crippen LogP contribution in [0.1, 0.15) is 53.5 Å². The smallest absolute Gasteiger partial charge is 0.410 e. The van der Waals surface area contributed by atoms with Crippen LogP contribution in [-0.2, 0) is 16.1 Å². The van der Waals surface area contributed by atoms with Gasteiger partial charge in [0.25, 0.3) is 11.8 Å². The number of imide groups is 1. The van der Waals surface area contributed by atoms with Gasteiger partial charge in [-0.1, -0.05) is 42.5 Å². The molecule has 0 aromatic heterocycles. The van der Waals surface area contributed by atoms with Crippen molar-refractivity contribution in [1.29, 1.82) is 0 Å². The van der Waals surface area contributed by atoms with Crippen molar-refractivity contribution >= 4 is 24.0 Å². The molecule has 2 aromatic carbocycles. The zero-order chi connectivity index (χ0) is 25.2. The standard InChI is InChI=1S/C26H29N3O6/c1-26(2,3)35-25(33)28-14-18(27-24(32)34-16-17-9-5-4-6-10-17)13-19(28)15-29-22(30)20-11-7-8-12-21(20)23(29)31/h4-12,18-19H,13-16H2,1-3H3,(H,27,32)/t18-,19+/m1/s1. The highest BCUT2D eigenvalue weighted by Gasteiger charge is 2.43. The molecule has 0 radical (unpaired) electrons. The number of carbonyl (C=O) groups excluding carboxylic acids is 4. The van der Waals surface area contributed by atoms with Gasteiger partial charge in [-0.3, -0.25) is 14.5 Å². The number of fused-ring (bicyclic) bond motifs is 1. The van der Waals surface area contributed by atoms with Crippen LogP contribution in [-0.4, -0.2) is 64.6 Å². The molecule has 184 valence electrons. The van der Waals surface area contributed by atoms with Gasteiger partial charge in [-0.2, -0.15) is 0 Å². The van der Waals surface area contributed by atoms with Gasteiger partial charge >= 0.3 is 12.2 Å². The Balaban J connectivity index is 1.44. The highest BCUT2D eigenvalue weighted by molar-refractivity contribution is 6.21. The number of likely N-dealkylation sites (tertiary alicyclic amines) is 1. The van der Waals surface area contributed by atoms with Crippen LogP contribution in [0.25, 0.3) is 0 Å². The van der Waals surface area contributed by atoms with Crippen molar-refractivity contribution in [1.82, 2.24) is 15.1 Å². The molecule has 4 rings (SSSR count). The first kappa shape index (κ1) is 24.3. The Morgan fingerprint density at radius 1 is 0.971 bits per heavy atom. The molecule has 2 aliphatic rings. The minimum atomic E-state index is -0.725. The number of hydrogen-bond donors (Lipinski definition) is 1. The highest BCUT2D eigenvalue weighted by atomic mass is 16.6. The second-order valence-corrected chi connectivity index (χ2v) is 9.69. The van der Waals surface area contributed by atoms with Crippen LogP contribution in [0.2, 0.25) is 0 Å². The minimum Gasteiger partial charge on any atom is -0.445 e. The van der Waals surface area contributed by atoms with Gasteiger partial charge in [-0.15, -0.1) is 0 Å². The molecule has 9 nitrogen and oxygen atoms in total. The number of carbonyl (C=O) groups is 4. The zero-order valence-electron chi connectivity index (χ0n) is 20.0. The maximum absolute atomic E-state index is 12.9. The van der Waals surface area contributed by atoms with E-state index in [0.717, 1.165) is 10.5 Å². The molecule has 0 spiro atoms. The van der Waals surface area contributed by atoms with Crippen LogP contribution in [0.4, 0.5) is 9.59 Å². The molecule has 1 saturated heterocycles. The molecule has 1 N–H and O–H groups in total. The molecule has 4 amide bonds. The van der Waals surface area contributed by atoms with Crippen molar-refractivity contribution in [2.75, 3.05) is 13.1 Å². The van der Waals surface area contributed by atoms with E-state index in [1.807, 2.05) is 30.3 Å². The molecule has 2 aliphatic heterocycles. The predicted molar refractivity (Wildman–Crippen MR) is 127 cm³/mol. The second kappa shape index (κ2) is 9.77. The summed E-state index contributed by atoms with van der Waals surface area (Å²) in [4.78, 5) is 53.7. The zero-order valence-corrected chi connectivity index (χ0v) is 20.0. The maximum atomic E-state index is 12.9. The van der Waals surface area contributed by atoms with Crippen molar-refractivity contribution in [3.05, 3.63) is 71.3 Å². The third kappa shape index (κ3) is 5.62. The Labute approximate surface area is 204 Å². The van der Waals surface area contributed by atoms with Gasteiger partial charge in [0.05, 0.1) is 23.2 Å². The molecule has 0 aliphatic carbocycles. The number of amides is 4. The Morgan fingerprint density at radius 2 is 1.57 bits per heavy atom. The van der Waals surface area contributed by atoms with E-state index in [0.29, 0.717) is 17.5 Å². The van der Waals surface area contributed by atoms with Gasteiger partial charge in [-0.25, -0.2) is 9.59 Å². The largest absolute Gasteiger partial charge is 0.445 e. The van der Waals surface area contributed by atoms with E-state index in [1.54, 1.807) is 45.0 Å². The number of nitrogens with zero attached hydrogens (tertiary/aromatic N) is 2. The maximum Gasteiger partial charge on any atom is 0.410 e. The van der Waals surface area contributed by atoms with E-state index < -0.39 is 41.7 Å². The van der Waals surface area contributed by atoms with E-state index in [-0.39, 0.29) is 19.7 Å². The number of alkyl carbamates (subject to hydrolysis) is 1. The molecular formula is C26H29N3O6. The lowest BCUT2D eigenvalue weighted by Crippen LogP contribution is -2.46. The van der Waals surface area contributed by atoms with Crippen molar-refractivity contribution in [3.63, 3.8) is 0 Å². The Bertz CT molecular complexity index is 1090. The second-order valence-electron chi connectivity index (χ2n) is 9.69. The number of benzene rings is 2. The summed E-state index contributed by atoms with van der Waals surface area (Å²) < 4.78 is 10.9. The summed E-state index contributed by atoms with van der Waals surface area (Å²) in [5, 5.41) is 2.79. The lowest BCUT2D eigenvalue weighted by atomic mass is 10.1. The fourth-order valence-corrected chi connectivity index (χ4v) is 4.29. The van der Waals surface area contributed by atoms with Crippen molar-refractivity contribution in [2.45, 2.75) is 51.5 Å². The van der Waals surface area contributed by atoms with Gasteiger partial charge < -0.3 is 19.7 Å². The fourth-order valence-electron chi connectivity index (χ4n) is 4.29. The summed E-state index contributed by atoms with van der Waals surface area (Å²) in [5.41, 5.74) is 0.821. The predicted octanol–water partition coefficient (Wildman–Crippen LogP) is 3.59. The molecule has 1 fully saturated rings. The fraction of sp³-hybridized carbons (Fsp3) is 0.385. The summed E-state index contributed by atoms with van der Waals surface area (Å²) in [5.74, 6) is -0.790. The van der Waals surface area contributed by atoms with E-state index in [4.69, 9.17) is 9.47 Å². The first-order chi connectivity index (χ1) is 16.6. The first-order valence-electron chi connectivity index (χ1n) is 11.5. The van der Waals surface area contributed by atoms with Gasteiger partial charge in [0.2, 0.25) is 0 Å². The molecule has 0 bridgehead atoms. The van der Waals surface area contributed by atoms with Crippen molar-refractivity contribution < 1.29 is 28.7 Å². The lowest BCUT2D eigenvalue weighted by Gasteiger charge is -2.30. The number of nitrogens with one attached hydrogen (secondary N) is 1. The van der Waals surface area contributed by atoms with Gasteiger partial charge in [0.15, 0.2) is 0 Å². The Kier molecular flexibility index (Phi) is 6.77. The first-order valence-corrected chi connectivity index (χ1v) is 11.5. The summed E-state index contributed by atoms with van der Waals surface area (Å²) in [6, 6.07) is 15.0. The van der Waals surface area contributed by atoms with Crippen molar-refractivity contribution in [2.24, 2.45) is 0 Å². The SMILES string of the molecule is CC(C)(C)OC(=O)N1C[C@H](NC(=O)OCc2ccccc2)C[C@H]1CN1C(=O)c2ccccc2C1=O. The van der Waals surface area contributed by atoms with E-state index in [9.17, 15) is 19.2 Å². The van der Waals surface area contributed by atoms with Crippen LogP contribution in [0.3, 0.4) is 0 Å². The summed E-state index contributed by atoms with van der Waals surface area (Å²) in [6.07, 6.45) is -0.835. The number of rotatable bonds is 5. The molecule has 2 aromatic rings. The summed E-state index contributed by atoms with van der Waals surface area (Å²) in [6.45, 7) is 5.57. The Hall–Kier alpha value is -3.88. The quantitative estimate of drug-likeness (QED) is 0.657. The molecule has 2 atom stereocenters. The van der Waals surface area contributed by atoms with Crippen LogP contribution in [0.5, 0.6) is 0 Å². The van der Waals surface area contributed by atoms with Crippen LogP contribution in [0.15, 0.2) is 54.6 Å². The Morgan fingerprint density at radius 3 is 2.17 bits per heavy atom. The number of hydrogen-bond acceptors (Lipinski definition) is 6. The van der Waals surface area contributed by atoms with E-state index in [2.05, 4.69) is 5.32 Å². The van der Waals surface area contributed by atoms with Crippen LogP contribution < -0.4 is 5.32 Å². The third-order valence-electron chi connectivity index (χ3n) is 5.85. The van der Waals surface area contributed by atoms with Crippen LogP contribution >= 0.6 is 0 Å². The average molecular weight is 480 g/mol.